The molecule has 4 nitrogen and oxygen atoms in total. The molecule has 0 heterocycles. The Hall–Kier alpha value is -1.07. The van der Waals surface area contributed by atoms with Gasteiger partial charge in [0.1, 0.15) is 5.75 Å². The predicted octanol–water partition coefficient (Wildman–Crippen LogP) is 2.11. The molecule has 0 saturated heterocycles. The van der Waals surface area contributed by atoms with Gasteiger partial charge in [0.15, 0.2) is 0 Å². The maximum absolute atomic E-state index is 12.1. The highest BCUT2D eigenvalue weighted by Gasteiger charge is 2.45. The first-order chi connectivity index (χ1) is 8.36. The van der Waals surface area contributed by atoms with Gasteiger partial charge in [-0.2, -0.15) is 0 Å². The van der Waals surface area contributed by atoms with Crippen LogP contribution in [-0.4, -0.2) is 20.1 Å². The number of hydrogen-bond donors (Lipinski definition) is 2. The molecular formula is C13H19NO3S. The Morgan fingerprint density at radius 2 is 2.06 bits per heavy atom. The number of hydrogen-bond acceptors (Lipinski definition) is 3. The predicted molar refractivity (Wildman–Crippen MR) is 69.8 cm³/mol. The monoisotopic (exact) mass is 269 g/mol. The SMILES string of the molecule is CC(C)C1(CNS(=O)(=O)c2cccc(O)c2)CC1. The van der Waals surface area contributed by atoms with Crippen molar-refractivity contribution in [1.82, 2.24) is 4.72 Å². The highest BCUT2D eigenvalue weighted by atomic mass is 32.2. The number of sulfonamides is 1. The summed E-state index contributed by atoms with van der Waals surface area (Å²) in [6, 6.07) is 5.73. The molecule has 2 N–H and O–H groups in total. The van der Waals surface area contributed by atoms with Crippen molar-refractivity contribution >= 4 is 10.0 Å². The van der Waals surface area contributed by atoms with E-state index in [9.17, 15) is 13.5 Å². The van der Waals surface area contributed by atoms with E-state index >= 15 is 0 Å². The van der Waals surface area contributed by atoms with Crippen molar-refractivity contribution in [1.29, 1.82) is 0 Å². The van der Waals surface area contributed by atoms with Crippen molar-refractivity contribution in [2.75, 3.05) is 6.54 Å². The van der Waals surface area contributed by atoms with Crippen LogP contribution in [0.15, 0.2) is 29.2 Å². The minimum absolute atomic E-state index is 0.0390. The van der Waals surface area contributed by atoms with Crippen LogP contribution in [0.25, 0.3) is 0 Å². The highest BCUT2D eigenvalue weighted by molar-refractivity contribution is 7.89. The van der Waals surface area contributed by atoms with Gasteiger partial charge in [-0.1, -0.05) is 19.9 Å². The van der Waals surface area contributed by atoms with Gasteiger partial charge in [0, 0.05) is 6.54 Å². The van der Waals surface area contributed by atoms with E-state index < -0.39 is 10.0 Å². The molecule has 0 spiro atoms. The summed E-state index contributed by atoms with van der Waals surface area (Å²) in [5.41, 5.74) is 0.129. The van der Waals surface area contributed by atoms with Gasteiger partial charge in [-0.25, -0.2) is 13.1 Å². The van der Waals surface area contributed by atoms with Crippen molar-refractivity contribution in [3.05, 3.63) is 24.3 Å². The van der Waals surface area contributed by atoms with Crippen LogP contribution in [0.2, 0.25) is 0 Å². The third-order valence-corrected chi connectivity index (χ3v) is 5.26. The second-order valence-corrected chi connectivity index (χ2v) is 7.11. The zero-order valence-corrected chi connectivity index (χ0v) is 11.5. The molecule has 100 valence electrons. The Morgan fingerprint density at radius 1 is 1.39 bits per heavy atom. The standard InChI is InChI=1S/C13H19NO3S/c1-10(2)13(6-7-13)9-14-18(16,17)12-5-3-4-11(15)8-12/h3-5,8,10,14-15H,6-7,9H2,1-2H3. The van der Waals surface area contributed by atoms with Crippen LogP contribution < -0.4 is 4.72 Å². The van der Waals surface area contributed by atoms with Crippen LogP contribution in [-0.2, 0) is 10.0 Å². The number of nitrogens with one attached hydrogen (secondary N) is 1. The van der Waals surface area contributed by atoms with E-state index in [4.69, 9.17) is 0 Å². The minimum atomic E-state index is -3.52. The summed E-state index contributed by atoms with van der Waals surface area (Å²) in [7, 11) is -3.52. The van der Waals surface area contributed by atoms with Crippen molar-refractivity contribution in [3.63, 3.8) is 0 Å². The van der Waals surface area contributed by atoms with E-state index in [1.54, 1.807) is 0 Å². The van der Waals surface area contributed by atoms with Crippen molar-refractivity contribution < 1.29 is 13.5 Å². The Morgan fingerprint density at radius 3 is 2.56 bits per heavy atom. The Labute approximate surface area is 108 Å². The van der Waals surface area contributed by atoms with Gasteiger partial charge in [-0.05, 0) is 42.4 Å². The number of aromatic hydroxyl groups is 1. The third-order valence-electron chi connectivity index (χ3n) is 3.86. The molecule has 0 atom stereocenters. The van der Waals surface area contributed by atoms with E-state index in [0.29, 0.717) is 12.5 Å². The highest BCUT2D eigenvalue weighted by Crippen LogP contribution is 2.51. The fourth-order valence-corrected chi connectivity index (χ4v) is 3.27. The molecule has 0 amide bonds. The first-order valence-corrected chi connectivity index (χ1v) is 7.63. The number of phenolic OH excluding ortho intramolecular Hbond substituents is 1. The second-order valence-electron chi connectivity index (χ2n) is 5.34. The fraction of sp³-hybridized carbons (Fsp3) is 0.538. The zero-order valence-electron chi connectivity index (χ0n) is 10.7. The van der Waals surface area contributed by atoms with Gasteiger partial charge in [0.25, 0.3) is 0 Å². The van der Waals surface area contributed by atoms with Crippen LogP contribution in [0.1, 0.15) is 26.7 Å². The minimum Gasteiger partial charge on any atom is -0.508 e. The van der Waals surface area contributed by atoms with Gasteiger partial charge < -0.3 is 5.11 Å². The van der Waals surface area contributed by atoms with Crippen LogP contribution >= 0.6 is 0 Å². The first kappa shape index (κ1) is 13.4. The number of benzene rings is 1. The summed E-state index contributed by atoms with van der Waals surface area (Å²) in [5, 5.41) is 9.31. The molecule has 0 radical (unpaired) electrons. The van der Waals surface area contributed by atoms with Gasteiger partial charge in [-0.3, -0.25) is 0 Å². The quantitative estimate of drug-likeness (QED) is 0.860. The average molecular weight is 269 g/mol. The molecule has 18 heavy (non-hydrogen) atoms. The molecule has 1 fully saturated rings. The maximum Gasteiger partial charge on any atom is 0.240 e. The fourth-order valence-electron chi connectivity index (χ4n) is 2.09. The summed E-state index contributed by atoms with van der Waals surface area (Å²) >= 11 is 0. The van der Waals surface area contributed by atoms with E-state index in [1.807, 2.05) is 0 Å². The van der Waals surface area contributed by atoms with Gasteiger partial charge in [-0.15, -0.1) is 0 Å². The molecule has 0 bridgehead atoms. The molecule has 1 aliphatic carbocycles. The average Bonchev–Trinajstić information content (AvgIpc) is 3.07. The molecule has 1 aromatic carbocycles. The second kappa shape index (κ2) is 4.55. The number of phenols is 1. The molecule has 1 saturated carbocycles. The normalized spacial score (nSPS) is 17.9. The Bertz CT molecular complexity index is 533. The lowest BCUT2D eigenvalue weighted by molar-refractivity contribution is 0.357. The Balaban J connectivity index is 2.09. The van der Waals surface area contributed by atoms with Crippen molar-refractivity contribution in [2.45, 2.75) is 31.6 Å². The van der Waals surface area contributed by atoms with Crippen LogP contribution in [0.3, 0.4) is 0 Å². The molecule has 2 rings (SSSR count). The van der Waals surface area contributed by atoms with E-state index in [1.165, 1.54) is 24.3 Å². The summed E-state index contributed by atoms with van der Waals surface area (Å²) in [6.45, 7) is 4.72. The summed E-state index contributed by atoms with van der Waals surface area (Å²) in [5.74, 6) is 0.437. The molecule has 5 heteroatoms. The summed E-state index contributed by atoms with van der Waals surface area (Å²) in [6.07, 6.45) is 2.15. The van der Waals surface area contributed by atoms with Gasteiger partial charge in [0.2, 0.25) is 10.0 Å². The molecule has 0 aliphatic heterocycles. The summed E-state index contributed by atoms with van der Waals surface area (Å²) in [4.78, 5) is 0.113. The van der Waals surface area contributed by atoms with Crippen molar-refractivity contribution in [2.24, 2.45) is 11.3 Å². The Kier molecular flexibility index (Phi) is 3.38. The van der Waals surface area contributed by atoms with Gasteiger partial charge >= 0.3 is 0 Å². The van der Waals surface area contributed by atoms with Crippen LogP contribution in [0.5, 0.6) is 5.75 Å². The van der Waals surface area contributed by atoms with E-state index in [-0.39, 0.29) is 16.1 Å². The summed E-state index contributed by atoms with van der Waals surface area (Å²) < 4.78 is 26.8. The largest absolute Gasteiger partial charge is 0.508 e. The lowest BCUT2D eigenvalue weighted by Gasteiger charge is -2.20. The molecular weight excluding hydrogens is 250 g/mol. The smallest absolute Gasteiger partial charge is 0.240 e. The van der Waals surface area contributed by atoms with Crippen LogP contribution in [0, 0.1) is 11.3 Å². The zero-order chi connectivity index (χ0) is 13.4. The van der Waals surface area contributed by atoms with Crippen molar-refractivity contribution in [3.8, 4) is 5.75 Å². The molecule has 0 aromatic heterocycles. The van der Waals surface area contributed by atoms with E-state index in [2.05, 4.69) is 18.6 Å². The third kappa shape index (κ3) is 2.67. The molecule has 1 aromatic rings. The topological polar surface area (TPSA) is 66.4 Å². The maximum atomic E-state index is 12.1. The van der Waals surface area contributed by atoms with E-state index in [0.717, 1.165) is 12.8 Å². The lowest BCUT2D eigenvalue weighted by atomic mass is 9.93. The lowest BCUT2D eigenvalue weighted by Crippen LogP contribution is -2.32. The van der Waals surface area contributed by atoms with Gasteiger partial charge in [0.05, 0.1) is 4.90 Å². The van der Waals surface area contributed by atoms with Crippen LogP contribution in [0.4, 0.5) is 0 Å². The first-order valence-electron chi connectivity index (χ1n) is 6.14. The molecule has 1 aliphatic rings. The molecule has 0 unspecified atom stereocenters. The number of rotatable bonds is 5.